The van der Waals surface area contributed by atoms with Gasteiger partial charge >= 0.3 is 12.1 Å². The summed E-state index contributed by atoms with van der Waals surface area (Å²) in [5, 5.41) is 14.9. The van der Waals surface area contributed by atoms with Crippen LogP contribution in [0.3, 0.4) is 0 Å². The van der Waals surface area contributed by atoms with E-state index >= 15 is 8.78 Å². The molecule has 0 aliphatic carbocycles. The Morgan fingerprint density at radius 1 is 0.863 bits per heavy atom. The first-order chi connectivity index (χ1) is 38.7. The average molecular weight is 1100 g/mol. The third-order valence-electron chi connectivity index (χ3n) is 19.0. The van der Waals surface area contributed by atoms with Crippen molar-refractivity contribution in [1.29, 1.82) is 0 Å². The summed E-state index contributed by atoms with van der Waals surface area (Å²) >= 11 is 0. The molecule has 6 saturated heterocycles. The van der Waals surface area contributed by atoms with E-state index in [-0.39, 0.29) is 83.6 Å². The molecular formula is C60H70F2N10O8. The second-order valence-corrected chi connectivity index (χ2v) is 23.9. The van der Waals surface area contributed by atoms with Crippen molar-refractivity contribution in [3.05, 3.63) is 76.5 Å². The van der Waals surface area contributed by atoms with Gasteiger partial charge in [0.1, 0.15) is 47.9 Å². The lowest BCUT2D eigenvalue weighted by molar-refractivity contribution is -0.136. The number of amides is 4. The molecule has 422 valence electrons. The number of nitrogens with one attached hydrogen (secondary N) is 1. The minimum Gasteiger partial charge on any atom is -0.508 e. The number of piperidine rings is 2. The molecule has 4 amide bonds. The van der Waals surface area contributed by atoms with Crippen LogP contribution in [0, 0.1) is 17.0 Å². The molecule has 5 aromatic rings. The Labute approximate surface area is 463 Å². The molecular weight excluding hydrogens is 1030 g/mol. The number of pyridine rings is 1. The summed E-state index contributed by atoms with van der Waals surface area (Å²) < 4.78 is 51.8. The number of ether oxygens (including phenoxy) is 3. The number of likely N-dealkylation sites (tertiary alicyclic amines) is 1. The fourth-order valence-electron chi connectivity index (χ4n) is 14.6. The topological polar surface area (TPSA) is 186 Å². The molecule has 6 fully saturated rings. The number of phenolic OH excluding ortho intramolecular Hbond substituents is 1. The molecule has 0 bridgehead atoms. The van der Waals surface area contributed by atoms with Gasteiger partial charge < -0.3 is 38.9 Å². The molecule has 0 radical (unpaired) electrons. The Kier molecular flexibility index (Phi) is 13.8. The monoisotopic (exact) mass is 1100 g/mol. The summed E-state index contributed by atoms with van der Waals surface area (Å²) in [4.78, 5) is 79.2. The fraction of sp³-hybridized carbons (Fsp3) is 0.550. The summed E-state index contributed by atoms with van der Waals surface area (Å²) in [6, 6.07) is 11.4. The highest BCUT2D eigenvalue weighted by Crippen LogP contribution is 2.46. The molecule has 3 aromatic carbocycles. The number of benzene rings is 3. The number of hydrogen-bond acceptors (Lipinski definition) is 15. The Bertz CT molecular complexity index is 3310. The van der Waals surface area contributed by atoms with Crippen LogP contribution in [0.15, 0.2) is 42.5 Å². The van der Waals surface area contributed by atoms with Crippen LogP contribution in [0.25, 0.3) is 32.9 Å². The van der Waals surface area contributed by atoms with Crippen LogP contribution in [0.1, 0.15) is 105 Å². The van der Waals surface area contributed by atoms with Gasteiger partial charge in [-0.3, -0.25) is 29.5 Å². The first-order valence-electron chi connectivity index (χ1n) is 29.0. The minimum absolute atomic E-state index is 0.00487. The van der Waals surface area contributed by atoms with Crippen molar-refractivity contribution in [3.8, 4) is 23.0 Å². The lowest BCUT2D eigenvalue weighted by Gasteiger charge is -2.44. The number of nitrogens with zero attached hydrogens (tertiary/aromatic N) is 9. The van der Waals surface area contributed by atoms with E-state index in [1.807, 2.05) is 24.0 Å². The van der Waals surface area contributed by atoms with Crippen molar-refractivity contribution in [2.75, 3.05) is 95.1 Å². The zero-order chi connectivity index (χ0) is 55.0. The van der Waals surface area contributed by atoms with E-state index in [0.29, 0.717) is 109 Å². The lowest BCUT2D eigenvalue weighted by Crippen LogP contribution is -2.52. The standard InChI is InChI=1S/C60H70F2N10O8/c1-3-42-45(61)10-6-36-29-41(73)30-44(49(36)42)52-51(62)53-50-46(63-52)11-8-39-32-78-27-5-19-70(39)54(50)66-57(65-53)80-35-60-15-4-20-72(60)40(14-16-60)33-79-58(77)69-21-17-59(2,18-22-69)34-67-23-25-68(26-24-67)38-7-9-43-37(28-38)31-71(56(43)76)47-12-13-48(74)64-55(47)75/h6-7,9-10,28-30,39-40,47,73H,3-5,8,11-27,31-35H2,1-2H3,(H,64,74,75)/t39-,40-,47?,60-/m0/s1. The van der Waals surface area contributed by atoms with Crippen LogP contribution in [-0.4, -0.2) is 172 Å². The summed E-state index contributed by atoms with van der Waals surface area (Å²) in [5.41, 5.74) is 3.73. The van der Waals surface area contributed by atoms with Gasteiger partial charge in [-0.2, -0.15) is 9.97 Å². The van der Waals surface area contributed by atoms with Crippen molar-refractivity contribution in [3.63, 3.8) is 0 Å². The van der Waals surface area contributed by atoms with Gasteiger partial charge in [0, 0.05) is 94.8 Å². The number of hydrogen-bond donors (Lipinski definition) is 2. The molecule has 8 aliphatic rings. The highest BCUT2D eigenvalue weighted by atomic mass is 19.1. The second kappa shape index (κ2) is 21.0. The molecule has 10 heterocycles. The zero-order valence-electron chi connectivity index (χ0n) is 45.7. The van der Waals surface area contributed by atoms with Crippen LogP contribution in [0.5, 0.6) is 11.8 Å². The van der Waals surface area contributed by atoms with Gasteiger partial charge in [-0.25, -0.2) is 18.6 Å². The number of anilines is 2. The van der Waals surface area contributed by atoms with Crippen LogP contribution in [-0.2, 0) is 38.4 Å². The maximum absolute atomic E-state index is 17.6. The number of carbonyl (C=O) groups excluding carboxylic acids is 4. The van der Waals surface area contributed by atoms with Crippen LogP contribution in [0.2, 0.25) is 0 Å². The van der Waals surface area contributed by atoms with Gasteiger partial charge in [0.25, 0.3) is 5.91 Å². The molecule has 2 aromatic heterocycles. The van der Waals surface area contributed by atoms with Crippen molar-refractivity contribution in [2.45, 2.75) is 121 Å². The summed E-state index contributed by atoms with van der Waals surface area (Å²) in [5.74, 6) is -1.47. The minimum atomic E-state index is -0.686. The van der Waals surface area contributed by atoms with E-state index in [0.717, 1.165) is 95.5 Å². The zero-order valence-corrected chi connectivity index (χ0v) is 45.7. The number of rotatable bonds is 11. The molecule has 18 nitrogen and oxygen atoms in total. The maximum Gasteiger partial charge on any atom is 0.409 e. The Morgan fingerprint density at radius 3 is 2.51 bits per heavy atom. The van der Waals surface area contributed by atoms with E-state index in [1.165, 1.54) is 12.1 Å². The molecule has 80 heavy (non-hydrogen) atoms. The third-order valence-corrected chi connectivity index (χ3v) is 19.0. The number of halogens is 2. The van der Waals surface area contributed by atoms with Crippen molar-refractivity contribution >= 4 is 57.0 Å². The van der Waals surface area contributed by atoms with Crippen LogP contribution in [0.4, 0.5) is 25.1 Å². The fourth-order valence-corrected chi connectivity index (χ4v) is 14.6. The lowest BCUT2D eigenvalue weighted by atomic mass is 9.80. The van der Waals surface area contributed by atoms with Gasteiger partial charge in [0.15, 0.2) is 5.82 Å². The van der Waals surface area contributed by atoms with Crippen LogP contribution >= 0.6 is 0 Å². The number of imide groups is 1. The molecule has 0 spiro atoms. The van der Waals surface area contributed by atoms with Gasteiger partial charge in [0.2, 0.25) is 11.8 Å². The molecule has 2 N–H and O–H groups in total. The second-order valence-electron chi connectivity index (χ2n) is 23.9. The van der Waals surface area contributed by atoms with E-state index in [2.05, 4.69) is 37.9 Å². The quantitative estimate of drug-likeness (QED) is 0.127. The number of carbonyl (C=O) groups is 4. The normalized spacial score (nSPS) is 25.1. The van der Waals surface area contributed by atoms with E-state index < -0.39 is 23.6 Å². The molecule has 0 saturated carbocycles. The third kappa shape index (κ3) is 9.51. The van der Waals surface area contributed by atoms with Gasteiger partial charge in [-0.1, -0.05) is 19.9 Å². The van der Waals surface area contributed by atoms with Gasteiger partial charge in [0.05, 0.1) is 29.3 Å². The first-order valence-corrected chi connectivity index (χ1v) is 29.0. The number of aryl methyl sites for hydroxylation is 2. The average Bonchev–Trinajstić information content (AvgIpc) is 4.12. The van der Waals surface area contributed by atoms with Gasteiger partial charge in [-0.05, 0) is 141 Å². The summed E-state index contributed by atoms with van der Waals surface area (Å²) in [6.07, 6.45) is 7.90. The number of aromatic hydroxyl groups is 1. The van der Waals surface area contributed by atoms with Crippen LogP contribution < -0.4 is 19.9 Å². The largest absolute Gasteiger partial charge is 0.508 e. The van der Waals surface area contributed by atoms with Crippen molar-refractivity contribution in [2.24, 2.45) is 5.41 Å². The Balaban J connectivity index is 0.638. The van der Waals surface area contributed by atoms with E-state index in [9.17, 15) is 24.3 Å². The molecule has 13 rings (SSSR count). The van der Waals surface area contributed by atoms with E-state index in [4.69, 9.17) is 29.2 Å². The SMILES string of the molecule is CCc1c(F)ccc2cc(O)cc(-c3nc4c5c(nc(OC[C@@]67CCCN6[C@H](COC(=O)N6CCC(C)(CN8CCN(c9ccc%10c(c9)CN(C9CCC(=O)NC9=O)C%10=O)CC8)CC6)CC7)nc5c3F)N3CCCOC[C@@H]3CC4)c12. The predicted octanol–water partition coefficient (Wildman–Crippen LogP) is 7.13. The smallest absolute Gasteiger partial charge is 0.409 e. The highest BCUT2D eigenvalue weighted by Gasteiger charge is 2.51. The summed E-state index contributed by atoms with van der Waals surface area (Å²) in [7, 11) is 0. The Hall–Kier alpha value is -6.77. The number of piperazine rings is 1. The molecule has 20 heteroatoms. The predicted molar refractivity (Wildman–Crippen MR) is 295 cm³/mol. The number of fused-ring (bicyclic) bond motifs is 5. The number of phenols is 1. The van der Waals surface area contributed by atoms with E-state index in [1.54, 1.807) is 17.0 Å². The number of aromatic nitrogens is 3. The maximum atomic E-state index is 17.6. The first kappa shape index (κ1) is 52.6. The molecule has 1 unspecified atom stereocenters. The van der Waals surface area contributed by atoms with Crippen molar-refractivity contribution in [1.82, 2.24) is 39.9 Å². The molecule has 4 atom stereocenters. The molecule has 8 aliphatic heterocycles. The summed E-state index contributed by atoms with van der Waals surface area (Å²) in [6.45, 7) is 13.4. The van der Waals surface area contributed by atoms with Crippen molar-refractivity contribution < 1.29 is 47.3 Å². The van der Waals surface area contributed by atoms with Gasteiger partial charge in [-0.15, -0.1) is 0 Å². The Morgan fingerprint density at radius 2 is 1.70 bits per heavy atom. The highest BCUT2D eigenvalue weighted by molar-refractivity contribution is 6.06.